The zero-order chi connectivity index (χ0) is 21.7. The number of hydrogen-bond acceptors (Lipinski definition) is 0. The predicted octanol–water partition coefficient (Wildman–Crippen LogP) is 8.96. The molecule has 0 amide bonds. The van der Waals surface area contributed by atoms with E-state index in [9.17, 15) is 25.2 Å². The third kappa shape index (κ3) is 25.5. The van der Waals surface area contributed by atoms with Crippen LogP contribution in [0.1, 0.15) is 65.7 Å². The van der Waals surface area contributed by atoms with Gasteiger partial charge < -0.3 is 4.48 Å². The Morgan fingerprint density at radius 2 is 1.26 bits per heavy atom. The van der Waals surface area contributed by atoms with Crippen LogP contribution in [0.4, 0.5) is 25.2 Å². The van der Waals surface area contributed by atoms with Crippen molar-refractivity contribution >= 4 is 7.81 Å². The van der Waals surface area contributed by atoms with Crippen LogP contribution in [-0.4, -0.2) is 30.7 Å². The summed E-state index contributed by atoms with van der Waals surface area (Å²) < 4.78 is 60.3. The Hall–Kier alpha value is -0.550. The quantitative estimate of drug-likeness (QED) is 0.0856. The van der Waals surface area contributed by atoms with Crippen molar-refractivity contribution in [1.82, 2.24) is 0 Å². The van der Waals surface area contributed by atoms with Crippen LogP contribution < -0.4 is 0 Å². The summed E-state index contributed by atoms with van der Waals surface area (Å²) in [6.07, 6.45) is 13.8. The summed E-state index contributed by atoms with van der Waals surface area (Å²) in [5.74, 6) is 0.808. The Labute approximate surface area is 161 Å². The van der Waals surface area contributed by atoms with Gasteiger partial charge in [0, 0.05) is 5.92 Å². The zero-order valence-electron chi connectivity index (χ0n) is 17.1. The van der Waals surface area contributed by atoms with E-state index in [0.29, 0.717) is 0 Å². The molecular weight excluding hydrogens is 387 g/mol. The van der Waals surface area contributed by atoms with Gasteiger partial charge in [0.1, 0.15) is 0 Å². The molecule has 0 aromatic rings. The van der Waals surface area contributed by atoms with E-state index in [1.54, 1.807) is 0 Å². The van der Waals surface area contributed by atoms with Crippen molar-refractivity contribution in [2.75, 3.05) is 26.2 Å². The van der Waals surface area contributed by atoms with Gasteiger partial charge in [0.2, 0.25) is 0 Å². The number of nitrogens with zero attached hydrogens (tertiary/aromatic N) is 1. The van der Waals surface area contributed by atoms with Crippen molar-refractivity contribution in [1.29, 1.82) is 0 Å². The average molecular weight is 425 g/mol. The van der Waals surface area contributed by atoms with Crippen molar-refractivity contribution in [3.8, 4) is 0 Å². The van der Waals surface area contributed by atoms with E-state index in [1.807, 2.05) is 0 Å². The SMILES string of the molecule is C=CC[N+](CC=C)(CCC)CC(C)CCCCCCC.F[P-](F)(F)(F)(F)F. The Kier molecular flexibility index (Phi) is 12.2. The second kappa shape index (κ2) is 11.5. The summed E-state index contributed by atoms with van der Waals surface area (Å²) in [6.45, 7) is 19.6. The monoisotopic (exact) mass is 425 g/mol. The van der Waals surface area contributed by atoms with Crippen LogP contribution in [0.5, 0.6) is 0 Å². The van der Waals surface area contributed by atoms with Gasteiger partial charge in [-0.2, -0.15) is 0 Å². The first-order valence-corrected chi connectivity index (χ1v) is 11.7. The second-order valence-corrected chi connectivity index (χ2v) is 9.37. The number of halogens is 6. The normalized spacial score (nSPS) is 15.7. The summed E-state index contributed by atoms with van der Waals surface area (Å²) in [5.41, 5.74) is 0. The maximum atomic E-state index is 9.87. The molecule has 0 aromatic carbocycles. The van der Waals surface area contributed by atoms with E-state index in [1.165, 1.54) is 58.0 Å². The molecule has 0 bridgehead atoms. The van der Waals surface area contributed by atoms with Crippen LogP contribution in [0.3, 0.4) is 0 Å². The number of hydrogen-bond donors (Lipinski definition) is 0. The predicted molar refractivity (Wildman–Crippen MR) is 107 cm³/mol. The first kappa shape index (κ1) is 28.7. The summed E-state index contributed by atoms with van der Waals surface area (Å²) >= 11 is 0. The van der Waals surface area contributed by atoms with Gasteiger partial charge in [-0.1, -0.05) is 66.0 Å². The first-order chi connectivity index (χ1) is 12.1. The molecule has 0 rings (SSSR count). The minimum atomic E-state index is -10.7. The summed E-state index contributed by atoms with van der Waals surface area (Å²) in [5, 5.41) is 0. The molecule has 1 nitrogen and oxygen atoms in total. The topological polar surface area (TPSA) is 0 Å². The molecule has 0 aliphatic carbocycles. The molecule has 0 spiro atoms. The van der Waals surface area contributed by atoms with Crippen molar-refractivity contribution in [3.05, 3.63) is 25.3 Å². The van der Waals surface area contributed by atoms with Gasteiger partial charge >= 0.3 is 33.0 Å². The van der Waals surface area contributed by atoms with Gasteiger partial charge in [-0.25, -0.2) is 0 Å². The molecule has 0 radical (unpaired) electrons. The maximum absolute atomic E-state index is 10.7. The standard InChI is InChI=1S/C19H38N.F6P/c1-6-10-11-12-13-14-19(5)18-20(15-7-2,16-8-3)17-9-4;1-7(2,3,4,5)6/h7-8,19H,2-3,6,9-18H2,1,4-5H3;/q+1;-1. The minimum absolute atomic E-state index is 0.808. The molecule has 8 heteroatoms. The molecule has 0 fully saturated rings. The van der Waals surface area contributed by atoms with Crippen molar-refractivity contribution in [2.45, 2.75) is 65.7 Å². The van der Waals surface area contributed by atoms with Crippen LogP contribution in [0.15, 0.2) is 25.3 Å². The second-order valence-electron chi connectivity index (χ2n) is 7.46. The molecule has 0 aromatic heterocycles. The van der Waals surface area contributed by atoms with Gasteiger partial charge in [0.15, 0.2) is 0 Å². The van der Waals surface area contributed by atoms with E-state index in [4.69, 9.17) is 0 Å². The van der Waals surface area contributed by atoms with E-state index in [-0.39, 0.29) is 0 Å². The molecule has 0 aliphatic heterocycles. The summed E-state index contributed by atoms with van der Waals surface area (Å²) in [7, 11) is -10.7. The van der Waals surface area contributed by atoms with Crippen molar-refractivity contribution < 1.29 is 29.7 Å². The van der Waals surface area contributed by atoms with Gasteiger partial charge in [-0.3, -0.25) is 0 Å². The van der Waals surface area contributed by atoms with Crippen LogP contribution >= 0.6 is 7.81 Å². The molecule has 1 atom stereocenters. The first-order valence-electron chi connectivity index (χ1n) is 9.72. The Balaban J connectivity index is 0. The van der Waals surface area contributed by atoms with E-state index < -0.39 is 7.81 Å². The molecular formula is C19H38F6NP. The number of quaternary nitrogens is 1. The van der Waals surface area contributed by atoms with Gasteiger partial charge in [-0.05, 0) is 25.0 Å². The Morgan fingerprint density at radius 1 is 0.815 bits per heavy atom. The number of unbranched alkanes of at least 4 members (excludes halogenated alkanes) is 4. The molecule has 0 N–H and O–H groups in total. The van der Waals surface area contributed by atoms with Gasteiger partial charge in [0.05, 0.1) is 26.2 Å². The van der Waals surface area contributed by atoms with Crippen LogP contribution in [0.25, 0.3) is 0 Å². The molecule has 0 heterocycles. The zero-order valence-corrected chi connectivity index (χ0v) is 18.0. The van der Waals surface area contributed by atoms with Crippen LogP contribution in [0.2, 0.25) is 0 Å². The third-order valence-electron chi connectivity index (χ3n) is 4.23. The molecule has 166 valence electrons. The Morgan fingerprint density at radius 3 is 1.63 bits per heavy atom. The molecule has 27 heavy (non-hydrogen) atoms. The average Bonchev–Trinajstić information content (AvgIpc) is 2.44. The van der Waals surface area contributed by atoms with E-state index in [2.05, 4.69) is 46.1 Å². The van der Waals surface area contributed by atoms with Crippen molar-refractivity contribution in [3.63, 3.8) is 0 Å². The summed E-state index contributed by atoms with van der Waals surface area (Å²) in [6, 6.07) is 0. The fraction of sp³-hybridized carbons (Fsp3) is 0.789. The fourth-order valence-corrected chi connectivity index (χ4v) is 3.37. The fourth-order valence-electron chi connectivity index (χ4n) is 3.37. The molecule has 0 saturated carbocycles. The van der Waals surface area contributed by atoms with Crippen molar-refractivity contribution in [2.24, 2.45) is 5.92 Å². The molecule has 0 saturated heterocycles. The number of rotatable bonds is 14. The van der Waals surface area contributed by atoms with Gasteiger partial charge in [0.25, 0.3) is 0 Å². The van der Waals surface area contributed by atoms with E-state index >= 15 is 0 Å². The van der Waals surface area contributed by atoms with Crippen LogP contribution in [-0.2, 0) is 0 Å². The Bertz CT molecular complexity index is 397. The molecule has 1 unspecified atom stereocenters. The van der Waals surface area contributed by atoms with Crippen LogP contribution in [0, 0.1) is 5.92 Å². The molecule has 0 aliphatic rings. The summed E-state index contributed by atoms with van der Waals surface area (Å²) in [4.78, 5) is 0. The third-order valence-corrected chi connectivity index (χ3v) is 4.23. The van der Waals surface area contributed by atoms with E-state index in [0.717, 1.165) is 23.5 Å². The van der Waals surface area contributed by atoms with Gasteiger partial charge in [-0.15, -0.1) is 0 Å².